The van der Waals surface area contributed by atoms with Crippen LogP contribution in [0.2, 0.25) is 0 Å². The number of thiocarbonyl (C=S) groups is 1. The molecule has 1 rings (SSSR count). The summed E-state index contributed by atoms with van der Waals surface area (Å²) in [6.45, 7) is 1.60. The highest BCUT2D eigenvalue weighted by molar-refractivity contribution is 7.89. The molecule has 0 aliphatic heterocycles. The molecule has 0 radical (unpaired) electrons. The highest BCUT2D eigenvalue weighted by Gasteiger charge is 2.29. The van der Waals surface area contributed by atoms with Crippen molar-refractivity contribution in [3.63, 3.8) is 0 Å². The van der Waals surface area contributed by atoms with Crippen molar-refractivity contribution in [2.75, 3.05) is 20.2 Å². The molecule has 0 aliphatic rings. The number of rotatable bonds is 7. The molecule has 116 valence electrons. The van der Waals surface area contributed by atoms with E-state index in [2.05, 4.69) is 9.72 Å². The van der Waals surface area contributed by atoms with Gasteiger partial charge in [-0.3, -0.25) is 9.78 Å². The molecule has 0 fully saturated rings. The van der Waals surface area contributed by atoms with Gasteiger partial charge in [-0.1, -0.05) is 19.1 Å². The van der Waals surface area contributed by atoms with Crippen molar-refractivity contribution >= 4 is 33.2 Å². The second-order valence-corrected chi connectivity index (χ2v) is 6.48. The molecule has 0 atom stereocenters. The Hall–Kier alpha value is -1.58. The Labute approximate surface area is 129 Å². The average molecular weight is 331 g/mol. The van der Waals surface area contributed by atoms with Crippen LogP contribution in [-0.4, -0.2) is 48.9 Å². The van der Waals surface area contributed by atoms with Gasteiger partial charge in [-0.2, -0.15) is 4.31 Å². The van der Waals surface area contributed by atoms with Gasteiger partial charge >= 0.3 is 5.97 Å². The molecule has 7 nitrogen and oxygen atoms in total. The van der Waals surface area contributed by atoms with Gasteiger partial charge < -0.3 is 10.5 Å². The van der Waals surface area contributed by atoms with Crippen LogP contribution < -0.4 is 5.73 Å². The predicted octanol–water partition coefficient (Wildman–Crippen LogP) is 0.290. The zero-order valence-electron chi connectivity index (χ0n) is 11.8. The fourth-order valence-corrected chi connectivity index (χ4v) is 3.53. The summed E-state index contributed by atoms with van der Waals surface area (Å²) in [5, 5.41) is 0. The molecule has 0 unspecified atom stereocenters. The largest absolute Gasteiger partial charge is 0.468 e. The molecule has 0 aliphatic carbocycles. The van der Waals surface area contributed by atoms with Gasteiger partial charge in [0.25, 0.3) is 0 Å². The first-order valence-electron chi connectivity index (χ1n) is 6.16. The number of carbonyl (C=O) groups is 1. The lowest BCUT2D eigenvalue weighted by Gasteiger charge is -2.21. The van der Waals surface area contributed by atoms with Gasteiger partial charge in [0.2, 0.25) is 10.0 Å². The van der Waals surface area contributed by atoms with Gasteiger partial charge in [0.15, 0.2) is 0 Å². The Morgan fingerprint density at radius 3 is 2.71 bits per heavy atom. The van der Waals surface area contributed by atoms with Gasteiger partial charge in [0, 0.05) is 12.7 Å². The predicted molar refractivity (Wildman–Crippen MR) is 81.2 cm³/mol. The monoisotopic (exact) mass is 331 g/mol. The Morgan fingerprint density at radius 2 is 2.19 bits per heavy atom. The number of ether oxygens (including phenoxy) is 1. The number of nitrogens with two attached hydrogens (primary N) is 1. The third kappa shape index (κ3) is 4.19. The molecule has 0 spiro atoms. The van der Waals surface area contributed by atoms with E-state index >= 15 is 0 Å². The zero-order valence-corrected chi connectivity index (χ0v) is 13.4. The van der Waals surface area contributed by atoms with E-state index in [0.717, 1.165) is 4.31 Å². The molecule has 1 aromatic rings. The molecule has 21 heavy (non-hydrogen) atoms. The summed E-state index contributed by atoms with van der Waals surface area (Å²) < 4.78 is 30.9. The normalized spacial score (nSPS) is 11.4. The lowest BCUT2D eigenvalue weighted by Crippen LogP contribution is -2.37. The van der Waals surface area contributed by atoms with Gasteiger partial charge in [-0.15, -0.1) is 0 Å². The van der Waals surface area contributed by atoms with Crippen LogP contribution in [0.5, 0.6) is 0 Å². The molecule has 0 aromatic carbocycles. The van der Waals surface area contributed by atoms with Crippen molar-refractivity contribution in [2.45, 2.75) is 18.2 Å². The van der Waals surface area contributed by atoms with E-state index in [4.69, 9.17) is 18.0 Å². The summed E-state index contributed by atoms with van der Waals surface area (Å²) in [5.74, 6) is -0.646. The fraction of sp³-hybridized carbons (Fsp3) is 0.417. The van der Waals surface area contributed by atoms with Crippen LogP contribution in [0.25, 0.3) is 0 Å². The van der Waals surface area contributed by atoms with Crippen molar-refractivity contribution in [1.82, 2.24) is 9.29 Å². The highest BCUT2D eigenvalue weighted by atomic mass is 32.2. The average Bonchev–Trinajstić information content (AvgIpc) is 2.46. The maximum absolute atomic E-state index is 12.7. The highest BCUT2D eigenvalue weighted by Crippen LogP contribution is 2.19. The summed E-state index contributed by atoms with van der Waals surface area (Å²) in [6.07, 6.45) is 1.94. The molecule has 0 saturated carbocycles. The van der Waals surface area contributed by atoms with E-state index < -0.39 is 16.0 Å². The molecule has 2 N–H and O–H groups in total. The third-order valence-electron chi connectivity index (χ3n) is 2.63. The van der Waals surface area contributed by atoms with E-state index in [9.17, 15) is 13.2 Å². The Bertz CT molecular complexity index is 631. The fourth-order valence-electron chi connectivity index (χ4n) is 1.66. The first kappa shape index (κ1) is 17.5. The summed E-state index contributed by atoms with van der Waals surface area (Å²) in [6, 6.07) is 2.83. The molecule has 1 heterocycles. The van der Waals surface area contributed by atoms with Gasteiger partial charge in [-0.25, -0.2) is 8.42 Å². The number of hydrogen-bond acceptors (Lipinski definition) is 6. The molecule has 0 saturated heterocycles. The Kier molecular flexibility index (Phi) is 6.19. The standard InChI is InChI=1S/C12H17N3O4S2/c1-3-7-15(8-10(16)19-2)21(17,18)9-5-4-6-14-11(9)12(13)20/h4-6H,3,7-8H2,1-2H3,(H2,13,20). The molecule has 1 aromatic heterocycles. The van der Waals surface area contributed by atoms with E-state index in [1.807, 2.05) is 0 Å². The van der Waals surface area contributed by atoms with Crippen LogP contribution in [-0.2, 0) is 19.6 Å². The summed E-state index contributed by atoms with van der Waals surface area (Å²) in [5.41, 5.74) is 5.52. The number of hydrogen-bond donors (Lipinski definition) is 1. The van der Waals surface area contributed by atoms with Crippen molar-refractivity contribution in [3.8, 4) is 0 Å². The number of nitrogens with zero attached hydrogens (tertiary/aromatic N) is 2. The smallest absolute Gasteiger partial charge is 0.321 e. The number of sulfonamides is 1. The minimum Gasteiger partial charge on any atom is -0.468 e. The zero-order chi connectivity index (χ0) is 16.0. The van der Waals surface area contributed by atoms with E-state index in [-0.39, 0.29) is 28.7 Å². The van der Waals surface area contributed by atoms with E-state index in [1.165, 1.54) is 25.4 Å². The lowest BCUT2D eigenvalue weighted by molar-refractivity contribution is -0.140. The Morgan fingerprint density at radius 1 is 1.52 bits per heavy atom. The first-order valence-corrected chi connectivity index (χ1v) is 8.01. The Balaban J connectivity index is 3.29. The number of pyridine rings is 1. The number of aromatic nitrogens is 1. The lowest BCUT2D eigenvalue weighted by atomic mass is 10.3. The maximum atomic E-state index is 12.7. The molecule has 0 amide bonds. The number of esters is 1. The second kappa shape index (κ2) is 7.43. The molecule has 0 bridgehead atoms. The number of carbonyl (C=O) groups excluding carboxylic acids is 1. The first-order chi connectivity index (χ1) is 9.84. The van der Waals surface area contributed by atoms with Gasteiger partial charge in [0.1, 0.15) is 22.1 Å². The SMILES string of the molecule is CCCN(CC(=O)OC)S(=O)(=O)c1cccnc1C(N)=S. The molecular weight excluding hydrogens is 314 g/mol. The van der Waals surface area contributed by atoms with Crippen molar-refractivity contribution in [3.05, 3.63) is 24.0 Å². The quantitative estimate of drug-likeness (QED) is 0.566. The summed E-state index contributed by atoms with van der Waals surface area (Å²) >= 11 is 4.82. The van der Waals surface area contributed by atoms with Gasteiger partial charge in [-0.05, 0) is 18.6 Å². The van der Waals surface area contributed by atoms with Crippen LogP contribution >= 0.6 is 12.2 Å². The third-order valence-corrected chi connectivity index (χ3v) is 4.70. The van der Waals surface area contributed by atoms with E-state index in [0.29, 0.717) is 6.42 Å². The minimum absolute atomic E-state index is 0.0125. The van der Waals surface area contributed by atoms with Crippen LogP contribution in [0.15, 0.2) is 23.2 Å². The maximum Gasteiger partial charge on any atom is 0.321 e. The minimum atomic E-state index is -3.94. The van der Waals surface area contributed by atoms with Crippen molar-refractivity contribution in [1.29, 1.82) is 0 Å². The molecule has 9 heteroatoms. The van der Waals surface area contributed by atoms with Crippen LogP contribution in [0, 0.1) is 0 Å². The van der Waals surface area contributed by atoms with E-state index in [1.54, 1.807) is 6.92 Å². The summed E-state index contributed by atoms with van der Waals surface area (Å²) in [4.78, 5) is 15.1. The second-order valence-electron chi connectivity index (χ2n) is 4.13. The molecular formula is C12H17N3O4S2. The van der Waals surface area contributed by atoms with Crippen LogP contribution in [0.1, 0.15) is 19.0 Å². The topological polar surface area (TPSA) is 103 Å². The van der Waals surface area contributed by atoms with Crippen LogP contribution in [0.3, 0.4) is 0 Å². The van der Waals surface area contributed by atoms with Crippen molar-refractivity contribution < 1.29 is 17.9 Å². The summed E-state index contributed by atoms with van der Waals surface area (Å²) in [7, 11) is -2.74. The van der Waals surface area contributed by atoms with Gasteiger partial charge in [0.05, 0.1) is 7.11 Å². The number of methoxy groups -OCH3 is 1. The van der Waals surface area contributed by atoms with Crippen molar-refractivity contribution in [2.24, 2.45) is 5.73 Å². The van der Waals surface area contributed by atoms with Crippen LogP contribution in [0.4, 0.5) is 0 Å².